The Hall–Kier alpha value is -0.900. The average molecular weight is 357 g/mol. The van der Waals surface area contributed by atoms with E-state index in [2.05, 4.69) is 21.2 Å². The van der Waals surface area contributed by atoms with Gasteiger partial charge in [0.2, 0.25) is 0 Å². The van der Waals surface area contributed by atoms with Crippen LogP contribution in [0.4, 0.5) is 4.39 Å². The minimum atomic E-state index is -0.210. The summed E-state index contributed by atoms with van der Waals surface area (Å²) in [6, 6.07) is 12.5. The molecule has 0 fully saturated rings. The van der Waals surface area contributed by atoms with Gasteiger partial charge in [-0.25, -0.2) is 4.39 Å². The molecular weight excluding hydrogens is 341 g/mol. The molecule has 1 N–H and O–H groups in total. The average Bonchev–Trinajstić information content (AvgIpc) is 2.41. The molecule has 2 aromatic carbocycles. The third-order valence-corrected chi connectivity index (χ3v) is 3.95. The van der Waals surface area contributed by atoms with Crippen molar-refractivity contribution in [3.63, 3.8) is 0 Å². The topological polar surface area (TPSA) is 12.0 Å². The Bertz CT molecular complexity index is 588. The van der Waals surface area contributed by atoms with Gasteiger partial charge in [0, 0.05) is 15.5 Å². The molecule has 1 unspecified atom stereocenters. The Kier molecular flexibility index (Phi) is 5.58. The molecule has 0 amide bonds. The molecule has 2 rings (SSSR count). The highest BCUT2D eigenvalue weighted by atomic mass is 79.9. The molecule has 0 saturated carbocycles. The van der Waals surface area contributed by atoms with E-state index in [-0.39, 0.29) is 11.9 Å². The number of halogens is 3. The molecule has 0 aliphatic rings. The van der Waals surface area contributed by atoms with E-state index in [0.29, 0.717) is 6.42 Å². The van der Waals surface area contributed by atoms with Gasteiger partial charge in [0.05, 0.1) is 0 Å². The van der Waals surface area contributed by atoms with Gasteiger partial charge in [-0.15, -0.1) is 0 Å². The molecule has 1 atom stereocenters. The van der Waals surface area contributed by atoms with Crippen LogP contribution in [0.3, 0.4) is 0 Å². The number of nitrogens with one attached hydrogen (secondary N) is 1. The molecule has 20 heavy (non-hydrogen) atoms. The largest absolute Gasteiger partial charge is 0.310 e. The highest BCUT2D eigenvalue weighted by Crippen LogP contribution is 2.29. The number of hydrogen-bond donors (Lipinski definition) is 1. The summed E-state index contributed by atoms with van der Waals surface area (Å²) < 4.78 is 14.3. The van der Waals surface area contributed by atoms with E-state index in [4.69, 9.17) is 11.6 Å². The lowest BCUT2D eigenvalue weighted by Crippen LogP contribution is -2.23. The van der Waals surface area contributed by atoms with E-state index in [9.17, 15) is 4.39 Å². The molecule has 1 nitrogen and oxygen atoms in total. The van der Waals surface area contributed by atoms with Crippen LogP contribution in [0.15, 0.2) is 46.9 Å². The number of benzene rings is 2. The molecule has 0 saturated heterocycles. The number of rotatable bonds is 5. The first kappa shape index (κ1) is 15.5. The zero-order chi connectivity index (χ0) is 14.5. The summed E-state index contributed by atoms with van der Waals surface area (Å²) in [6.45, 7) is 2.87. The second kappa shape index (κ2) is 7.21. The summed E-state index contributed by atoms with van der Waals surface area (Å²) in [5.74, 6) is -0.210. The molecule has 106 valence electrons. The minimum Gasteiger partial charge on any atom is -0.310 e. The summed E-state index contributed by atoms with van der Waals surface area (Å²) in [5.41, 5.74) is 1.97. The van der Waals surface area contributed by atoms with Crippen LogP contribution in [0.1, 0.15) is 24.1 Å². The smallest absolute Gasteiger partial charge is 0.123 e. The number of likely N-dealkylation sites (N-methyl/N-ethyl adjacent to an activating group) is 1. The minimum absolute atomic E-state index is 0.0619. The van der Waals surface area contributed by atoms with E-state index in [1.54, 1.807) is 12.1 Å². The van der Waals surface area contributed by atoms with Crippen LogP contribution in [-0.4, -0.2) is 6.54 Å². The summed E-state index contributed by atoms with van der Waals surface area (Å²) in [5, 5.41) is 4.13. The van der Waals surface area contributed by atoms with Crippen molar-refractivity contribution in [3.05, 3.63) is 68.9 Å². The molecule has 0 heterocycles. The third kappa shape index (κ3) is 4.05. The van der Waals surface area contributed by atoms with E-state index in [1.807, 2.05) is 31.2 Å². The van der Waals surface area contributed by atoms with Gasteiger partial charge < -0.3 is 5.32 Å². The van der Waals surface area contributed by atoms with Crippen LogP contribution in [0.5, 0.6) is 0 Å². The van der Waals surface area contributed by atoms with Crippen LogP contribution >= 0.6 is 27.5 Å². The van der Waals surface area contributed by atoms with Crippen LogP contribution in [0.2, 0.25) is 5.02 Å². The fraction of sp³-hybridized carbons (Fsp3) is 0.250. The van der Waals surface area contributed by atoms with Crippen molar-refractivity contribution in [3.8, 4) is 0 Å². The van der Waals surface area contributed by atoms with Crippen LogP contribution in [0.25, 0.3) is 0 Å². The van der Waals surface area contributed by atoms with E-state index in [1.165, 1.54) is 6.07 Å². The van der Waals surface area contributed by atoms with E-state index < -0.39 is 0 Å². The zero-order valence-corrected chi connectivity index (χ0v) is 13.5. The molecule has 0 bridgehead atoms. The van der Waals surface area contributed by atoms with Crippen molar-refractivity contribution in [1.29, 1.82) is 0 Å². The van der Waals surface area contributed by atoms with Crippen molar-refractivity contribution in [1.82, 2.24) is 5.32 Å². The summed E-state index contributed by atoms with van der Waals surface area (Å²) in [4.78, 5) is 0. The lowest BCUT2D eigenvalue weighted by molar-refractivity contribution is 0.546. The fourth-order valence-corrected chi connectivity index (χ4v) is 2.85. The Balaban J connectivity index is 2.29. The van der Waals surface area contributed by atoms with Gasteiger partial charge in [-0.05, 0) is 54.4 Å². The van der Waals surface area contributed by atoms with Gasteiger partial charge >= 0.3 is 0 Å². The lowest BCUT2D eigenvalue weighted by Gasteiger charge is -2.20. The van der Waals surface area contributed by atoms with Gasteiger partial charge in [-0.1, -0.05) is 46.6 Å². The summed E-state index contributed by atoms with van der Waals surface area (Å²) >= 11 is 9.76. The molecular formula is C16H16BrClFN. The normalized spacial score (nSPS) is 12.4. The Labute approximate surface area is 132 Å². The van der Waals surface area contributed by atoms with Crippen molar-refractivity contribution < 1.29 is 4.39 Å². The maximum Gasteiger partial charge on any atom is 0.123 e. The standard InChI is InChI=1S/C16H16BrClFN/c1-2-20-16(9-11-4-3-5-13(19)8-11)14-10-12(17)6-7-15(14)18/h3-8,10,16,20H,2,9H2,1H3. The molecule has 2 aromatic rings. The van der Waals surface area contributed by atoms with Crippen molar-refractivity contribution in [2.75, 3.05) is 6.54 Å². The van der Waals surface area contributed by atoms with Gasteiger partial charge in [-0.2, -0.15) is 0 Å². The maximum atomic E-state index is 13.3. The van der Waals surface area contributed by atoms with Crippen molar-refractivity contribution in [2.45, 2.75) is 19.4 Å². The van der Waals surface area contributed by atoms with Crippen LogP contribution < -0.4 is 5.32 Å². The predicted octanol–water partition coefficient (Wildman–Crippen LogP) is 5.13. The lowest BCUT2D eigenvalue weighted by atomic mass is 9.98. The quantitative estimate of drug-likeness (QED) is 0.782. The Morgan fingerprint density at radius 1 is 1.25 bits per heavy atom. The van der Waals surface area contributed by atoms with Gasteiger partial charge in [-0.3, -0.25) is 0 Å². The molecule has 0 aromatic heterocycles. The molecule has 0 radical (unpaired) electrons. The highest BCUT2D eigenvalue weighted by Gasteiger charge is 2.15. The van der Waals surface area contributed by atoms with Crippen molar-refractivity contribution in [2.24, 2.45) is 0 Å². The van der Waals surface area contributed by atoms with E-state index >= 15 is 0 Å². The maximum absolute atomic E-state index is 13.3. The summed E-state index contributed by atoms with van der Waals surface area (Å²) in [7, 11) is 0. The zero-order valence-electron chi connectivity index (χ0n) is 11.2. The van der Waals surface area contributed by atoms with Gasteiger partial charge in [0.15, 0.2) is 0 Å². The monoisotopic (exact) mass is 355 g/mol. The predicted molar refractivity (Wildman–Crippen MR) is 85.7 cm³/mol. The molecule has 0 spiro atoms. The van der Waals surface area contributed by atoms with Crippen molar-refractivity contribution >= 4 is 27.5 Å². The SMILES string of the molecule is CCNC(Cc1cccc(F)c1)c1cc(Br)ccc1Cl. The first-order chi connectivity index (χ1) is 9.60. The Morgan fingerprint density at radius 2 is 2.05 bits per heavy atom. The van der Waals surface area contributed by atoms with E-state index in [0.717, 1.165) is 27.2 Å². The second-order valence-electron chi connectivity index (χ2n) is 4.61. The number of hydrogen-bond acceptors (Lipinski definition) is 1. The first-order valence-corrected chi connectivity index (χ1v) is 7.70. The van der Waals surface area contributed by atoms with Gasteiger partial charge in [0.1, 0.15) is 5.82 Å². The highest BCUT2D eigenvalue weighted by molar-refractivity contribution is 9.10. The Morgan fingerprint density at radius 3 is 2.75 bits per heavy atom. The first-order valence-electron chi connectivity index (χ1n) is 6.53. The van der Waals surface area contributed by atoms with Crippen LogP contribution in [-0.2, 0) is 6.42 Å². The molecule has 0 aliphatic heterocycles. The van der Waals surface area contributed by atoms with Crippen LogP contribution in [0, 0.1) is 5.82 Å². The molecule has 0 aliphatic carbocycles. The fourth-order valence-electron chi connectivity index (χ4n) is 2.22. The summed E-state index contributed by atoms with van der Waals surface area (Å²) in [6.07, 6.45) is 0.696. The molecule has 4 heteroatoms. The second-order valence-corrected chi connectivity index (χ2v) is 5.93. The third-order valence-electron chi connectivity index (χ3n) is 3.11. The van der Waals surface area contributed by atoms with Gasteiger partial charge in [0.25, 0.3) is 0 Å².